The van der Waals surface area contributed by atoms with Crippen molar-refractivity contribution in [2.24, 2.45) is 0 Å². The quantitative estimate of drug-likeness (QED) is 0.743. The second kappa shape index (κ2) is 10.1. The smallest absolute Gasteiger partial charge is 0.317 e. The molecule has 0 radical (unpaired) electrons. The van der Waals surface area contributed by atoms with Crippen LogP contribution in [0.1, 0.15) is 12.8 Å². The first kappa shape index (κ1) is 18.4. The Balaban J connectivity index is 2.46. The Morgan fingerprint density at radius 3 is 2.38 bits per heavy atom. The van der Waals surface area contributed by atoms with E-state index in [4.69, 9.17) is 5.11 Å². The van der Waals surface area contributed by atoms with Crippen molar-refractivity contribution in [2.75, 3.05) is 80.0 Å². The molecule has 1 fully saturated rings. The van der Waals surface area contributed by atoms with Crippen LogP contribution < -0.4 is 0 Å². The molecule has 1 aliphatic heterocycles. The lowest BCUT2D eigenvalue weighted by atomic mass is 10.3. The van der Waals surface area contributed by atoms with Gasteiger partial charge in [0, 0.05) is 32.7 Å². The monoisotopic (exact) mass is 300 g/mol. The third-order valence-electron chi connectivity index (χ3n) is 3.98. The number of aliphatic carboxylic acids is 1. The Kier molecular flexibility index (Phi) is 8.84. The van der Waals surface area contributed by atoms with E-state index in [0.717, 1.165) is 65.2 Å². The molecule has 0 atom stereocenters. The normalized spacial score (nSPS) is 20.8. The minimum absolute atomic E-state index is 0.162. The van der Waals surface area contributed by atoms with Crippen molar-refractivity contribution in [2.45, 2.75) is 12.8 Å². The Morgan fingerprint density at radius 2 is 1.71 bits per heavy atom. The SMILES string of the molecule is CN(C)CCCN1CCN(C)CCCN(CC(=O)O)CC1. The van der Waals surface area contributed by atoms with Gasteiger partial charge < -0.3 is 19.8 Å². The summed E-state index contributed by atoms with van der Waals surface area (Å²) < 4.78 is 0. The van der Waals surface area contributed by atoms with Crippen LogP contribution in [0, 0.1) is 0 Å². The summed E-state index contributed by atoms with van der Waals surface area (Å²) in [6.45, 7) is 8.27. The van der Waals surface area contributed by atoms with Crippen LogP contribution in [0.2, 0.25) is 0 Å². The summed E-state index contributed by atoms with van der Waals surface area (Å²) in [4.78, 5) is 20.0. The first-order valence-corrected chi connectivity index (χ1v) is 7.97. The summed E-state index contributed by atoms with van der Waals surface area (Å²) in [5, 5.41) is 9.00. The van der Waals surface area contributed by atoms with Gasteiger partial charge in [-0.15, -0.1) is 0 Å². The summed E-state index contributed by atoms with van der Waals surface area (Å²) in [6.07, 6.45) is 2.21. The highest BCUT2D eigenvalue weighted by Crippen LogP contribution is 2.01. The number of hydrogen-bond acceptors (Lipinski definition) is 5. The van der Waals surface area contributed by atoms with Gasteiger partial charge in [-0.3, -0.25) is 9.69 Å². The molecule has 0 spiro atoms. The van der Waals surface area contributed by atoms with E-state index in [2.05, 4.69) is 40.7 Å². The average Bonchev–Trinajstić information content (AvgIpc) is 2.39. The van der Waals surface area contributed by atoms with Gasteiger partial charge in [-0.2, -0.15) is 0 Å². The highest BCUT2D eigenvalue weighted by Gasteiger charge is 2.15. The summed E-state index contributed by atoms with van der Waals surface area (Å²) in [6, 6.07) is 0. The molecule has 1 rings (SSSR count). The van der Waals surface area contributed by atoms with Gasteiger partial charge >= 0.3 is 5.97 Å². The molecule has 0 aromatic rings. The van der Waals surface area contributed by atoms with Gasteiger partial charge in [0.1, 0.15) is 0 Å². The van der Waals surface area contributed by atoms with Crippen molar-refractivity contribution in [3.63, 3.8) is 0 Å². The van der Waals surface area contributed by atoms with Crippen molar-refractivity contribution < 1.29 is 9.90 Å². The zero-order valence-corrected chi connectivity index (χ0v) is 13.9. The standard InChI is InChI=1S/C15H32N4O2/c1-16(2)6-4-8-18-11-10-17(3)7-5-9-19(13-12-18)14-15(20)21/h4-14H2,1-3H3,(H,20,21). The molecule has 1 saturated heterocycles. The Morgan fingerprint density at radius 1 is 1.05 bits per heavy atom. The van der Waals surface area contributed by atoms with Gasteiger partial charge in [-0.1, -0.05) is 0 Å². The van der Waals surface area contributed by atoms with E-state index in [1.165, 1.54) is 0 Å². The van der Waals surface area contributed by atoms with Crippen molar-refractivity contribution in [3.05, 3.63) is 0 Å². The minimum atomic E-state index is -0.723. The van der Waals surface area contributed by atoms with Crippen LogP contribution in [0.5, 0.6) is 0 Å². The second-order valence-corrected chi connectivity index (χ2v) is 6.33. The minimum Gasteiger partial charge on any atom is -0.480 e. The lowest BCUT2D eigenvalue weighted by Gasteiger charge is -2.31. The zero-order valence-electron chi connectivity index (χ0n) is 13.9. The largest absolute Gasteiger partial charge is 0.480 e. The second-order valence-electron chi connectivity index (χ2n) is 6.33. The summed E-state index contributed by atoms with van der Waals surface area (Å²) in [5.74, 6) is -0.723. The van der Waals surface area contributed by atoms with Crippen LogP contribution in [-0.4, -0.2) is 111 Å². The van der Waals surface area contributed by atoms with Crippen LogP contribution in [0.3, 0.4) is 0 Å². The van der Waals surface area contributed by atoms with Crippen LogP contribution >= 0.6 is 0 Å². The third-order valence-corrected chi connectivity index (χ3v) is 3.98. The molecule has 1 aliphatic rings. The van der Waals surface area contributed by atoms with Gasteiger partial charge in [-0.05, 0) is 53.6 Å². The number of hydrogen-bond donors (Lipinski definition) is 1. The van der Waals surface area contributed by atoms with E-state index in [1.54, 1.807) is 0 Å². The van der Waals surface area contributed by atoms with Gasteiger partial charge in [-0.25, -0.2) is 0 Å². The molecule has 6 nitrogen and oxygen atoms in total. The highest BCUT2D eigenvalue weighted by molar-refractivity contribution is 5.69. The van der Waals surface area contributed by atoms with Crippen molar-refractivity contribution in [3.8, 4) is 0 Å². The van der Waals surface area contributed by atoms with Gasteiger partial charge in [0.15, 0.2) is 0 Å². The highest BCUT2D eigenvalue weighted by atomic mass is 16.4. The molecule has 0 aromatic carbocycles. The van der Waals surface area contributed by atoms with Crippen molar-refractivity contribution in [1.82, 2.24) is 19.6 Å². The van der Waals surface area contributed by atoms with Gasteiger partial charge in [0.25, 0.3) is 0 Å². The van der Waals surface area contributed by atoms with Crippen LogP contribution in [-0.2, 0) is 4.79 Å². The molecule has 21 heavy (non-hydrogen) atoms. The molecule has 0 unspecified atom stereocenters. The van der Waals surface area contributed by atoms with E-state index < -0.39 is 5.97 Å². The van der Waals surface area contributed by atoms with Gasteiger partial charge in [0.2, 0.25) is 0 Å². The summed E-state index contributed by atoms with van der Waals surface area (Å²) in [7, 11) is 6.36. The zero-order chi connectivity index (χ0) is 15.7. The molecule has 0 saturated carbocycles. The lowest BCUT2D eigenvalue weighted by molar-refractivity contribution is -0.138. The number of likely N-dealkylation sites (N-methyl/N-ethyl adjacent to an activating group) is 1. The maximum atomic E-state index is 10.9. The van der Waals surface area contributed by atoms with E-state index in [-0.39, 0.29) is 6.54 Å². The van der Waals surface area contributed by atoms with Gasteiger partial charge in [0.05, 0.1) is 6.54 Å². The van der Waals surface area contributed by atoms with Crippen LogP contribution in [0.25, 0.3) is 0 Å². The van der Waals surface area contributed by atoms with E-state index in [1.807, 2.05) is 0 Å². The molecule has 0 bridgehead atoms. The molecule has 124 valence electrons. The molecular weight excluding hydrogens is 268 g/mol. The topological polar surface area (TPSA) is 50.3 Å². The Bertz CT molecular complexity index is 299. The number of carboxylic acids is 1. The van der Waals surface area contributed by atoms with E-state index >= 15 is 0 Å². The molecule has 1 heterocycles. The molecule has 1 N–H and O–H groups in total. The molecular formula is C15H32N4O2. The van der Waals surface area contributed by atoms with Crippen molar-refractivity contribution >= 4 is 5.97 Å². The predicted octanol–water partition coefficient (Wildman–Crippen LogP) is -0.0378. The fourth-order valence-electron chi connectivity index (χ4n) is 2.68. The maximum absolute atomic E-state index is 10.9. The summed E-state index contributed by atoms with van der Waals surface area (Å²) in [5.41, 5.74) is 0. The fraction of sp³-hybridized carbons (Fsp3) is 0.933. The average molecular weight is 300 g/mol. The third kappa shape index (κ3) is 9.03. The van der Waals surface area contributed by atoms with Crippen molar-refractivity contribution in [1.29, 1.82) is 0 Å². The molecule has 0 amide bonds. The Hall–Kier alpha value is -0.690. The first-order valence-electron chi connectivity index (χ1n) is 7.97. The van der Waals surface area contributed by atoms with Crippen LogP contribution in [0.15, 0.2) is 0 Å². The molecule has 0 aliphatic carbocycles. The molecule has 6 heteroatoms. The maximum Gasteiger partial charge on any atom is 0.317 e. The number of carboxylic acid groups (broad SMARTS) is 1. The predicted molar refractivity (Wildman–Crippen MR) is 85.8 cm³/mol. The number of nitrogens with zero attached hydrogens (tertiary/aromatic N) is 4. The first-order chi connectivity index (χ1) is 9.97. The van der Waals surface area contributed by atoms with Crippen LogP contribution in [0.4, 0.5) is 0 Å². The van der Waals surface area contributed by atoms with E-state index in [9.17, 15) is 4.79 Å². The Labute approximate surface area is 129 Å². The van der Waals surface area contributed by atoms with E-state index in [0.29, 0.717) is 0 Å². The fourth-order valence-corrected chi connectivity index (χ4v) is 2.68. The number of rotatable bonds is 6. The summed E-state index contributed by atoms with van der Waals surface area (Å²) >= 11 is 0. The molecule has 0 aromatic heterocycles. The number of carbonyl (C=O) groups is 1. The lowest BCUT2D eigenvalue weighted by Crippen LogP contribution is -2.43.